The van der Waals surface area contributed by atoms with E-state index in [1.54, 1.807) is 25.6 Å². The fourth-order valence-electron chi connectivity index (χ4n) is 3.91. The second-order valence-corrected chi connectivity index (χ2v) is 8.81. The summed E-state index contributed by atoms with van der Waals surface area (Å²) in [5, 5.41) is 5.70. The van der Waals surface area contributed by atoms with Crippen molar-refractivity contribution in [3.8, 4) is 21.9 Å². The lowest BCUT2D eigenvalue weighted by Gasteiger charge is -2.16. The Morgan fingerprint density at radius 1 is 0.969 bits per heavy atom. The van der Waals surface area contributed by atoms with Gasteiger partial charge in [0, 0.05) is 32.9 Å². The maximum Gasteiger partial charge on any atom is 0.162 e. The SMILES string of the molecule is COc1cc2nc(C)nc(NC(C)c3ccc(-c4ccc5[nH]ccc5c4)s3)c2cc1OC. The summed E-state index contributed by atoms with van der Waals surface area (Å²) in [6.45, 7) is 4.04. The van der Waals surface area contributed by atoms with Crippen LogP contribution >= 0.6 is 11.3 Å². The molecule has 0 bridgehead atoms. The zero-order chi connectivity index (χ0) is 22.2. The third kappa shape index (κ3) is 3.65. The van der Waals surface area contributed by atoms with Crippen LogP contribution in [0, 0.1) is 6.92 Å². The Bertz CT molecular complexity index is 1420. The van der Waals surface area contributed by atoms with E-state index in [-0.39, 0.29) is 6.04 Å². The summed E-state index contributed by atoms with van der Waals surface area (Å²) >= 11 is 1.79. The molecule has 5 rings (SSSR count). The molecule has 0 saturated carbocycles. The zero-order valence-corrected chi connectivity index (χ0v) is 19.2. The molecule has 1 atom stereocenters. The fourth-order valence-corrected chi connectivity index (χ4v) is 4.91. The third-order valence-electron chi connectivity index (χ3n) is 5.56. The average molecular weight is 445 g/mol. The van der Waals surface area contributed by atoms with Gasteiger partial charge in [-0.15, -0.1) is 11.3 Å². The lowest BCUT2D eigenvalue weighted by atomic mass is 10.1. The fraction of sp³-hybridized carbons (Fsp3) is 0.200. The van der Waals surface area contributed by atoms with Crippen molar-refractivity contribution in [3.05, 3.63) is 65.4 Å². The second-order valence-electron chi connectivity index (χ2n) is 7.69. The Morgan fingerprint density at radius 2 is 1.78 bits per heavy atom. The number of aromatic amines is 1. The molecule has 7 heteroatoms. The second kappa shape index (κ2) is 8.16. The van der Waals surface area contributed by atoms with Crippen LogP contribution in [0.4, 0.5) is 5.82 Å². The first-order valence-electron chi connectivity index (χ1n) is 10.4. The van der Waals surface area contributed by atoms with E-state index in [9.17, 15) is 0 Å². The monoisotopic (exact) mass is 444 g/mol. The Morgan fingerprint density at radius 3 is 2.59 bits per heavy atom. The molecule has 2 aromatic carbocycles. The number of thiophene rings is 1. The molecule has 1 unspecified atom stereocenters. The first-order chi connectivity index (χ1) is 15.6. The normalized spacial score (nSPS) is 12.2. The van der Waals surface area contributed by atoms with E-state index in [2.05, 4.69) is 63.6 Å². The topological polar surface area (TPSA) is 72.1 Å². The molecule has 3 aromatic heterocycles. The summed E-state index contributed by atoms with van der Waals surface area (Å²) in [6, 6.07) is 16.9. The Balaban J connectivity index is 1.46. The number of ether oxygens (including phenoxy) is 2. The van der Waals surface area contributed by atoms with Gasteiger partial charge in [-0.25, -0.2) is 9.97 Å². The van der Waals surface area contributed by atoms with Gasteiger partial charge in [-0.05, 0) is 61.2 Å². The van der Waals surface area contributed by atoms with Gasteiger partial charge in [-0.1, -0.05) is 6.07 Å². The van der Waals surface area contributed by atoms with Gasteiger partial charge in [0.2, 0.25) is 0 Å². The molecule has 0 amide bonds. The molecule has 5 aromatic rings. The first kappa shape index (κ1) is 20.3. The number of aromatic nitrogens is 3. The minimum absolute atomic E-state index is 0.0790. The van der Waals surface area contributed by atoms with Crippen molar-refractivity contribution >= 4 is 39.0 Å². The highest BCUT2D eigenvalue weighted by Crippen LogP contribution is 2.37. The number of H-pyrrole nitrogens is 1. The molecule has 32 heavy (non-hydrogen) atoms. The van der Waals surface area contributed by atoms with E-state index in [1.807, 2.05) is 25.3 Å². The average Bonchev–Trinajstić information content (AvgIpc) is 3.47. The predicted octanol–water partition coefficient (Wildman–Crippen LogP) is 6.34. The highest BCUT2D eigenvalue weighted by atomic mass is 32.1. The quantitative estimate of drug-likeness (QED) is 0.320. The van der Waals surface area contributed by atoms with Crippen molar-refractivity contribution in [2.45, 2.75) is 19.9 Å². The maximum atomic E-state index is 5.49. The number of hydrogen-bond acceptors (Lipinski definition) is 6. The summed E-state index contributed by atoms with van der Waals surface area (Å²) in [7, 11) is 3.26. The van der Waals surface area contributed by atoms with Crippen molar-refractivity contribution in [1.82, 2.24) is 15.0 Å². The molecular weight excluding hydrogens is 420 g/mol. The van der Waals surface area contributed by atoms with E-state index in [4.69, 9.17) is 9.47 Å². The largest absolute Gasteiger partial charge is 0.493 e. The van der Waals surface area contributed by atoms with Gasteiger partial charge < -0.3 is 19.8 Å². The van der Waals surface area contributed by atoms with Gasteiger partial charge in [-0.2, -0.15) is 0 Å². The van der Waals surface area contributed by atoms with Crippen LogP contribution in [-0.2, 0) is 0 Å². The maximum absolute atomic E-state index is 5.49. The molecule has 0 radical (unpaired) electrons. The molecule has 0 aliphatic rings. The molecule has 0 aliphatic carbocycles. The van der Waals surface area contributed by atoms with Crippen LogP contribution in [-0.4, -0.2) is 29.2 Å². The smallest absolute Gasteiger partial charge is 0.162 e. The molecule has 6 nitrogen and oxygen atoms in total. The van der Waals surface area contributed by atoms with Crippen LogP contribution in [0.25, 0.3) is 32.2 Å². The number of nitrogens with one attached hydrogen (secondary N) is 2. The van der Waals surface area contributed by atoms with Gasteiger partial charge in [-0.3, -0.25) is 0 Å². The van der Waals surface area contributed by atoms with E-state index >= 15 is 0 Å². The van der Waals surface area contributed by atoms with E-state index in [1.165, 1.54) is 20.7 Å². The Hall–Kier alpha value is -3.58. The number of hydrogen-bond donors (Lipinski definition) is 2. The van der Waals surface area contributed by atoms with Crippen LogP contribution < -0.4 is 14.8 Å². The molecule has 0 fully saturated rings. The third-order valence-corrected chi connectivity index (χ3v) is 6.87. The van der Waals surface area contributed by atoms with Crippen LogP contribution in [0.15, 0.2) is 54.7 Å². The number of methoxy groups -OCH3 is 2. The van der Waals surface area contributed by atoms with E-state index < -0.39 is 0 Å². The minimum atomic E-state index is 0.0790. The Kier molecular flexibility index (Phi) is 5.19. The standard InChI is InChI=1S/C25H24N4O2S/c1-14(23-7-8-24(32-23)17-5-6-19-16(11-17)9-10-26-19)27-25-18-12-21(30-3)22(31-4)13-20(18)28-15(2)29-25/h5-14,26H,1-4H3,(H,27,28,29). The highest BCUT2D eigenvalue weighted by Gasteiger charge is 2.16. The lowest BCUT2D eigenvalue weighted by Crippen LogP contribution is -2.08. The van der Waals surface area contributed by atoms with E-state index in [0.717, 1.165) is 22.2 Å². The number of nitrogens with zero attached hydrogens (tertiary/aromatic N) is 2. The molecule has 162 valence electrons. The summed E-state index contributed by atoms with van der Waals surface area (Å²) < 4.78 is 10.9. The number of rotatable bonds is 6. The molecule has 2 N–H and O–H groups in total. The van der Waals surface area contributed by atoms with Gasteiger partial charge in [0.1, 0.15) is 11.6 Å². The van der Waals surface area contributed by atoms with Crippen molar-refractivity contribution in [2.24, 2.45) is 0 Å². The van der Waals surface area contributed by atoms with Crippen LogP contribution in [0.1, 0.15) is 23.7 Å². The number of fused-ring (bicyclic) bond motifs is 2. The summed E-state index contributed by atoms with van der Waals surface area (Å²) in [5.74, 6) is 2.79. The molecule has 0 saturated heterocycles. The molecule has 0 aliphatic heterocycles. The lowest BCUT2D eigenvalue weighted by molar-refractivity contribution is 0.356. The van der Waals surface area contributed by atoms with Gasteiger partial charge >= 0.3 is 0 Å². The molecular formula is C25H24N4O2S. The predicted molar refractivity (Wildman–Crippen MR) is 131 cm³/mol. The summed E-state index contributed by atoms with van der Waals surface area (Å²) in [4.78, 5) is 15.0. The molecule has 3 heterocycles. The zero-order valence-electron chi connectivity index (χ0n) is 18.4. The van der Waals surface area contributed by atoms with Crippen molar-refractivity contribution in [3.63, 3.8) is 0 Å². The summed E-state index contributed by atoms with van der Waals surface area (Å²) in [5.41, 5.74) is 3.19. The number of benzene rings is 2. The Labute approximate surface area is 190 Å². The number of aryl methyl sites for hydroxylation is 1. The van der Waals surface area contributed by atoms with Crippen LogP contribution in [0.3, 0.4) is 0 Å². The van der Waals surface area contributed by atoms with E-state index in [0.29, 0.717) is 17.3 Å². The molecule has 0 spiro atoms. The first-order valence-corrected chi connectivity index (χ1v) is 11.2. The van der Waals surface area contributed by atoms with Crippen LogP contribution in [0.5, 0.6) is 11.5 Å². The van der Waals surface area contributed by atoms with Gasteiger partial charge in [0.05, 0.1) is 25.8 Å². The van der Waals surface area contributed by atoms with Gasteiger partial charge in [0.15, 0.2) is 11.5 Å². The number of anilines is 1. The van der Waals surface area contributed by atoms with Gasteiger partial charge in [0.25, 0.3) is 0 Å². The van der Waals surface area contributed by atoms with Crippen molar-refractivity contribution in [2.75, 3.05) is 19.5 Å². The van der Waals surface area contributed by atoms with Crippen molar-refractivity contribution < 1.29 is 9.47 Å². The van der Waals surface area contributed by atoms with Crippen LogP contribution in [0.2, 0.25) is 0 Å². The summed E-state index contributed by atoms with van der Waals surface area (Å²) in [6.07, 6.45) is 1.97. The highest BCUT2D eigenvalue weighted by molar-refractivity contribution is 7.15. The minimum Gasteiger partial charge on any atom is -0.493 e. The van der Waals surface area contributed by atoms with Crippen molar-refractivity contribution in [1.29, 1.82) is 0 Å².